The zero-order valence-corrected chi connectivity index (χ0v) is 14.3. The average Bonchev–Trinajstić information content (AvgIpc) is 2.46. The lowest BCUT2D eigenvalue weighted by atomic mass is 9.63. The Morgan fingerprint density at radius 3 is 2.91 bits per heavy atom. The van der Waals surface area contributed by atoms with E-state index < -0.39 is 10.0 Å². The Kier molecular flexibility index (Phi) is 4.21. The number of benzene rings is 1. The first-order chi connectivity index (χ1) is 10.4. The Bertz CT molecular complexity index is 644. The van der Waals surface area contributed by atoms with Crippen molar-refractivity contribution < 1.29 is 8.42 Å². The molecule has 1 aliphatic carbocycles. The van der Waals surface area contributed by atoms with Crippen molar-refractivity contribution in [2.45, 2.75) is 50.5 Å². The van der Waals surface area contributed by atoms with Gasteiger partial charge >= 0.3 is 0 Å². The first-order valence-electron chi connectivity index (χ1n) is 8.24. The van der Waals surface area contributed by atoms with Gasteiger partial charge in [-0.25, -0.2) is 8.42 Å². The highest BCUT2D eigenvalue weighted by atomic mass is 32.2. The van der Waals surface area contributed by atoms with Crippen LogP contribution < -0.4 is 4.72 Å². The maximum absolute atomic E-state index is 11.5. The lowest BCUT2D eigenvalue weighted by Crippen LogP contribution is -2.51. The number of nitrogens with zero attached hydrogens (tertiary/aromatic N) is 1. The number of nitrogens with one attached hydrogen (secondary N) is 1. The largest absolute Gasteiger partial charge is 0.301 e. The van der Waals surface area contributed by atoms with Gasteiger partial charge in [-0.3, -0.25) is 4.72 Å². The summed E-state index contributed by atoms with van der Waals surface area (Å²) in [7, 11) is -3.22. The van der Waals surface area contributed by atoms with Crippen LogP contribution in [-0.4, -0.2) is 38.7 Å². The van der Waals surface area contributed by atoms with Gasteiger partial charge in [-0.15, -0.1) is 0 Å². The first kappa shape index (κ1) is 15.8. The molecule has 1 heterocycles. The molecule has 1 saturated heterocycles. The Balaban J connectivity index is 1.88. The minimum atomic E-state index is -3.22. The molecule has 0 spiro atoms. The quantitative estimate of drug-likeness (QED) is 0.927. The predicted octanol–water partition coefficient (Wildman–Crippen LogP) is 2.96. The number of rotatable bonds is 4. The molecule has 2 aliphatic rings. The summed E-state index contributed by atoms with van der Waals surface area (Å²) in [5.74, 6) is 0. The highest BCUT2D eigenvalue weighted by molar-refractivity contribution is 7.92. The molecule has 4 nitrogen and oxygen atoms in total. The summed E-state index contributed by atoms with van der Waals surface area (Å²) >= 11 is 0. The molecule has 3 rings (SSSR count). The van der Waals surface area contributed by atoms with Gasteiger partial charge in [-0.05, 0) is 61.9 Å². The summed E-state index contributed by atoms with van der Waals surface area (Å²) in [5, 5.41) is 0. The van der Waals surface area contributed by atoms with E-state index in [1.54, 1.807) is 0 Å². The van der Waals surface area contributed by atoms with Gasteiger partial charge in [0, 0.05) is 11.7 Å². The van der Waals surface area contributed by atoms with Crippen LogP contribution in [0.4, 0.5) is 5.69 Å². The van der Waals surface area contributed by atoms with Crippen LogP contribution in [0.2, 0.25) is 0 Å². The zero-order chi connectivity index (χ0) is 15.8. The van der Waals surface area contributed by atoms with Crippen molar-refractivity contribution in [3.63, 3.8) is 0 Å². The van der Waals surface area contributed by atoms with Gasteiger partial charge in [0.1, 0.15) is 0 Å². The van der Waals surface area contributed by atoms with Crippen molar-refractivity contribution in [2.75, 3.05) is 24.1 Å². The summed E-state index contributed by atoms with van der Waals surface area (Å²) in [6, 6.07) is 8.73. The normalized spacial score (nSPS) is 29.3. The van der Waals surface area contributed by atoms with Crippen LogP contribution in [-0.2, 0) is 15.4 Å². The summed E-state index contributed by atoms with van der Waals surface area (Å²) < 4.78 is 25.5. The van der Waals surface area contributed by atoms with Gasteiger partial charge in [0.2, 0.25) is 10.0 Å². The molecule has 0 aromatic heterocycles. The van der Waals surface area contributed by atoms with Crippen LogP contribution in [0, 0.1) is 0 Å². The maximum atomic E-state index is 11.5. The zero-order valence-electron chi connectivity index (χ0n) is 13.5. The molecule has 2 unspecified atom stereocenters. The lowest BCUT2D eigenvalue weighted by Gasteiger charge is -2.50. The summed E-state index contributed by atoms with van der Waals surface area (Å²) in [5.41, 5.74) is 2.24. The number of hydrogen-bond donors (Lipinski definition) is 1. The van der Waals surface area contributed by atoms with Gasteiger partial charge in [-0.1, -0.05) is 25.5 Å². The fourth-order valence-electron chi connectivity index (χ4n) is 4.36. The van der Waals surface area contributed by atoms with Crippen LogP contribution in [0.15, 0.2) is 24.3 Å². The van der Waals surface area contributed by atoms with E-state index in [0.717, 1.165) is 13.1 Å². The van der Waals surface area contributed by atoms with E-state index in [9.17, 15) is 8.42 Å². The fourth-order valence-corrected chi connectivity index (χ4v) is 4.91. The van der Waals surface area contributed by atoms with Crippen molar-refractivity contribution in [3.05, 3.63) is 29.8 Å². The van der Waals surface area contributed by atoms with E-state index in [-0.39, 0.29) is 5.41 Å². The molecule has 122 valence electrons. The molecule has 1 N–H and O–H groups in total. The smallest absolute Gasteiger partial charge is 0.229 e. The highest BCUT2D eigenvalue weighted by Crippen LogP contribution is 2.47. The summed E-state index contributed by atoms with van der Waals surface area (Å²) in [6.07, 6.45) is 7.39. The van der Waals surface area contributed by atoms with E-state index in [4.69, 9.17) is 0 Å². The van der Waals surface area contributed by atoms with Crippen molar-refractivity contribution in [2.24, 2.45) is 0 Å². The van der Waals surface area contributed by atoms with E-state index in [0.29, 0.717) is 11.7 Å². The third kappa shape index (κ3) is 3.15. The van der Waals surface area contributed by atoms with Gasteiger partial charge in [-0.2, -0.15) is 0 Å². The average molecular weight is 322 g/mol. The number of sulfonamides is 1. The Morgan fingerprint density at radius 2 is 2.18 bits per heavy atom. The van der Waals surface area contributed by atoms with E-state index in [1.807, 2.05) is 18.2 Å². The second kappa shape index (κ2) is 5.85. The van der Waals surface area contributed by atoms with Crippen molar-refractivity contribution >= 4 is 15.7 Å². The van der Waals surface area contributed by atoms with Gasteiger partial charge in [0.05, 0.1) is 6.26 Å². The van der Waals surface area contributed by atoms with Crippen LogP contribution in [0.25, 0.3) is 0 Å². The second-order valence-electron chi connectivity index (χ2n) is 6.86. The molecule has 1 saturated carbocycles. The third-order valence-corrected chi connectivity index (χ3v) is 6.00. The Hall–Kier alpha value is -1.07. The molecule has 2 fully saturated rings. The van der Waals surface area contributed by atoms with E-state index in [1.165, 1.54) is 43.9 Å². The molecular formula is C17H26N2O2S. The molecule has 0 radical (unpaired) electrons. The highest BCUT2D eigenvalue weighted by Gasteiger charge is 2.43. The topological polar surface area (TPSA) is 49.4 Å². The number of fused-ring (bicyclic) bond motifs is 2. The lowest BCUT2D eigenvalue weighted by molar-refractivity contribution is 0.0558. The third-order valence-electron chi connectivity index (χ3n) is 5.40. The maximum Gasteiger partial charge on any atom is 0.229 e. The minimum absolute atomic E-state index is 0.240. The number of likely N-dealkylation sites (tertiary alicyclic amines) is 1. The molecule has 22 heavy (non-hydrogen) atoms. The van der Waals surface area contributed by atoms with Crippen LogP contribution in [0.3, 0.4) is 0 Å². The standard InChI is InChI=1S/C17H26N2O2S/c1-3-19-11-10-17(9-5-8-16(19)13-17)14-6-4-7-15(12-14)18-22(2,20)21/h4,6-7,12,16,18H,3,5,8-11,13H2,1-2H3. The molecule has 1 aromatic carbocycles. The molecular weight excluding hydrogens is 296 g/mol. The SMILES string of the molecule is CCN1CCC2(c3cccc(NS(C)(=O)=O)c3)CCCC1C2. The molecule has 2 bridgehead atoms. The van der Waals surface area contributed by atoms with Crippen molar-refractivity contribution in [3.8, 4) is 0 Å². The Morgan fingerprint density at radius 1 is 1.36 bits per heavy atom. The molecule has 2 atom stereocenters. The first-order valence-corrected chi connectivity index (χ1v) is 10.1. The van der Waals surface area contributed by atoms with Gasteiger partial charge in [0.15, 0.2) is 0 Å². The van der Waals surface area contributed by atoms with Crippen molar-refractivity contribution in [1.29, 1.82) is 0 Å². The monoisotopic (exact) mass is 322 g/mol. The molecule has 1 aliphatic heterocycles. The molecule has 5 heteroatoms. The fraction of sp³-hybridized carbons (Fsp3) is 0.647. The van der Waals surface area contributed by atoms with E-state index in [2.05, 4.69) is 22.6 Å². The van der Waals surface area contributed by atoms with Crippen LogP contribution >= 0.6 is 0 Å². The van der Waals surface area contributed by atoms with Crippen LogP contribution in [0.1, 0.15) is 44.6 Å². The van der Waals surface area contributed by atoms with Crippen LogP contribution in [0.5, 0.6) is 0 Å². The van der Waals surface area contributed by atoms with Crippen molar-refractivity contribution in [1.82, 2.24) is 4.90 Å². The van der Waals surface area contributed by atoms with E-state index >= 15 is 0 Å². The minimum Gasteiger partial charge on any atom is -0.301 e. The van der Waals surface area contributed by atoms with Gasteiger partial charge in [0.25, 0.3) is 0 Å². The molecule has 0 amide bonds. The second-order valence-corrected chi connectivity index (χ2v) is 8.61. The number of piperidine rings is 1. The number of anilines is 1. The summed E-state index contributed by atoms with van der Waals surface area (Å²) in [4.78, 5) is 2.61. The number of hydrogen-bond acceptors (Lipinski definition) is 3. The molecule has 1 aromatic rings. The predicted molar refractivity (Wildman–Crippen MR) is 90.7 cm³/mol. The van der Waals surface area contributed by atoms with Gasteiger partial charge < -0.3 is 4.90 Å². The Labute approximate surface area is 134 Å². The summed E-state index contributed by atoms with van der Waals surface area (Å²) in [6.45, 7) is 4.54.